The Morgan fingerprint density at radius 3 is 1.97 bits per heavy atom. The zero-order chi connectivity index (χ0) is 26.3. The van der Waals surface area contributed by atoms with Crippen molar-refractivity contribution in [1.29, 1.82) is 0 Å². The summed E-state index contributed by atoms with van der Waals surface area (Å²) in [6.45, 7) is 1.96. The van der Waals surface area contributed by atoms with Crippen molar-refractivity contribution >= 4 is 5.97 Å². The van der Waals surface area contributed by atoms with Gasteiger partial charge in [0.15, 0.2) is 0 Å². The van der Waals surface area contributed by atoms with Gasteiger partial charge in [-0.05, 0) is 72.6 Å². The van der Waals surface area contributed by atoms with Gasteiger partial charge in [-0.3, -0.25) is 4.79 Å². The van der Waals surface area contributed by atoms with Crippen LogP contribution in [0.15, 0.2) is 114 Å². The van der Waals surface area contributed by atoms with E-state index in [1.54, 1.807) is 0 Å². The maximum Gasteiger partial charge on any atom is 0.311 e. The highest BCUT2D eigenvalue weighted by Gasteiger charge is 2.22. The van der Waals surface area contributed by atoms with Crippen molar-refractivity contribution in [2.45, 2.75) is 38.5 Å². The van der Waals surface area contributed by atoms with Gasteiger partial charge in [-0.25, -0.2) is 4.98 Å². The first-order chi connectivity index (χ1) is 18.6. The van der Waals surface area contributed by atoms with E-state index < -0.39 is 11.9 Å². The fraction of sp³-hybridized carbons (Fsp3) is 0.176. The number of carboxylic acids is 1. The fourth-order valence-electron chi connectivity index (χ4n) is 4.92. The van der Waals surface area contributed by atoms with Crippen molar-refractivity contribution in [3.63, 3.8) is 0 Å². The molecule has 0 aliphatic heterocycles. The minimum absolute atomic E-state index is 0.456. The van der Waals surface area contributed by atoms with Crippen LogP contribution < -0.4 is 0 Å². The van der Waals surface area contributed by atoms with Crippen molar-refractivity contribution in [2.24, 2.45) is 0 Å². The zero-order valence-electron chi connectivity index (χ0n) is 21.5. The van der Waals surface area contributed by atoms with E-state index in [1.807, 2.05) is 91.9 Å². The summed E-state index contributed by atoms with van der Waals surface area (Å²) < 4.78 is 5.92. The van der Waals surface area contributed by atoms with Crippen LogP contribution in [-0.2, 0) is 24.1 Å². The van der Waals surface area contributed by atoms with Crippen molar-refractivity contribution in [3.05, 3.63) is 137 Å². The molecule has 190 valence electrons. The summed E-state index contributed by atoms with van der Waals surface area (Å²) in [6, 6.07) is 36.1. The third-order valence-corrected chi connectivity index (χ3v) is 7.03. The molecular weight excluding hydrogens is 470 g/mol. The third kappa shape index (κ3) is 5.92. The summed E-state index contributed by atoms with van der Waals surface area (Å²) in [4.78, 5) is 17.0. The van der Waals surface area contributed by atoms with Crippen LogP contribution in [0, 0.1) is 6.92 Å². The standard InChI is InChI=1S/C34H31NO3/c1-24-32(35-33(38-24)29-14-6-3-7-15-29)18-10-17-26-13-8-9-16-30(26)23-31(34(36)37)28-21-19-27(20-22-28)25-11-4-2-5-12-25/h2-9,11-16,19-22,31H,10,17-18,23H2,1H3,(H,36,37). The first-order valence-electron chi connectivity index (χ1n) is 13.0. The van der Waals surface area contributed by atoms with E-state index in [2.05, 4.69) is 24.3 Å². The Kier molecular flexibility index (Phi) is 7.79. The van der Waals surface area contributed by atoms with Gasteiger partial charge >= 0.3 is 5.97 Å². The Balaban J connectivity index is 1.27. The molecule has 0 aliphatic carbocycles. The molecule has 0 saturated heterocycles. The van der Waals surface area contributed by atoms with E-state index in [0.29, 0.717) is 12.3 Å². The molecule has 0 aliphatic rings. The molecule has 5 aromatic rings. The summed E-state index contributed by atoms with van der Waals surface area (Å²) in [7, 11) is 0. The van der Waals surface area contributed by atoms with E-state index in [9.17, 15) is 9.90 Å². The number of aliphatic carboxylic acids is 1. The van der Waals surface area contributed by atoms with Gasteiger partial charge in [0.25, 0.3) is 0 Å². The number of rotatable bonds is 10. The molecule has 0 radical (unpaired) electrons. The third-order valence-electron chi connectivity index (χ3n) is 7.03. The Bertz CT molecular complexity index is 1490. The van der Waals surface area contributed by atoms with E-state index in [-0.39, 0.29) is 0 Å². The number of benzene rings is 4. The average Bonchev–Trinajstić information content (AvgIpc) is 3.33. The number of carboxylic acid groups (broad SMARTS) is 1. The van der Waals surface area contributed by atoms with E-state index in [0.717, 1.165) is 58.5 Å². The normalized spacial score (nSPS) is 11.8. The SMILES string of the molecule is Cc1oc(-c2ccccc2)nc1CCCc1ccccc1CC(C(=O)O)c1ccc(-c2ccccc2)cc1. The molecule has 4 aromatic carbocycles. The summed E-state index contributed by atoms with van der Waals surface area (Å²) >= 11 is 0. The van der Waals surface area contributed by atoms with E-state index in [4.69, 9.17) is 9.40 Å². The number of aryl methyl sites for hydroxylation is 3. The van der Waals surface area contributed by atoms with Crippen LogP contribution in [0.3, 0.4) is 0 Å². The van der Waals surface area contributed by atoms with Gasteiger partial charge in [0.2, 0.25) is 5.89 Å². The first kappa shape index (κ1) is 25.2. The average molecular weight is 502 g/mol. The number of hydrogen-bond acceptors (Lipinski definition) is 3. The van der Waals surface area contributed by atoms with Crippen LogP contribution >= 0.6 is 0 Å². The lowest BCUT2D eigenvalue weighted by molar-refractivity contribution is -0.138. The summed E-state index contributed by atoms with van der Waals surface area (Å²) in [5, 5.41) is 10.1. The molecule has 1 atom stereocenters. The van der Waals surface area contributed by atoms with Gasteiger partial charge in [-0.2, -0.15) is 0 Å². The number of carbonyl (C=O) groups is 1. The molecule has 0 spiro atoms. The van der Waals surface area contributed by atoms with Gasteiger partial charge in [0, 0.05) is 5.56 Å². The minimum atomic E-state index is -0.807. The monoisotopic (exact) mass is 501 g/mol. The van der Waals surface area contributed by atoms with Gasteiger partial charge in [-0.1, -0.05) is 97.1 Å². The Morgan fingerprint density at radius 1 is 0.737 bits per heavy atom. The number of oxazole rings is 1. The van der Waals surface area contributed by atoms with Crippen molar-refractivity contribution < 1.29 is 14.3 Å². The zero-order valence-corrected chi connectivity index (χ0v) is 21.5. The van der Waals surface area contributed by atoms with Crippen molar-refractivity contribution in [3.8, 4) is 22.6 Å². The van der Waals surface area contributed by atoms with Crippen LogP contribution in [-0.4, -0.2) is 16.1 Å². The summed E-state index contributed by atoms with van der Waals surface area (Å²) in [5.41, 5.74) is 7.23. The second-order valence-electron chi connectivity index (χ2n) is 9.59. The Morgan fingerprint density at radius 2 is 1.32 bits per heavy atom. The molecule has 0 fully saturated rings. The summed E-state index contributed by atoms with van der Waals surface area (Å²) in [6.07, 6.45) is 3.02. The van der Waals surface area contributed by atoms with Crippen molar-refractivity contribution in [1.82, 2.24) is 4.98 Å². The largest absolute Gasteiger partial charge is 0.481 e. The molecule has 5 rings (SSSR count). The maximum absolute atomic E-state index is 12.3. The summed E-state index contributed by atoms with van der Waals surface area (Å²) in [5.74, 6) is 0.0919. The minimum Gasteiger partial charge on any atom is -0.481 e. The van der Waals surface area contributed by atoms with Gasteiger partial charge in [-0.15, -0.1) is 0 Å². The highest BCUT2D eigenvalue weighted by Crippen LogP contribution is 2.28. The van der Waals surface area contributed by atoms with Crippen LogP contribution in [0.1, 0.15) is 40.5 Å². The molecular formula is C34H31NO3. The predicted molar refractivity (Wildman–Crippen MR) is 151 cm³/mol. The van der Waals surface area contributed by atoms with Gasteiger partial charge < -0.3 is 9.52 Å². The first-order valence-corrected chi connectivity index (χ1v) is 13.0. The molecule has 1 unspecified atom stereocenters. The molecule has 0 bridgehead atoms. The lowest BCUT2D eigenvalue weighted by Gasteiger charge is -2.16. The Hall–Kier alpha value is -4.44. The number of hydrogen-bond donors (Lipinski definition) is 1. The molecule has 4 nitrogen and oxygen atoms in total. The van der Waals surface area contributed by atoms with E-state index in [1.165, 1.54) is 5.56 Å². The lowest BCUT2D eigenvalue weighted by atomic mass is 9.88. The van der Waals surface area contributed by atoms with Gasteiger partial charge in [0.05, 0.1) is 11.6 Å². The predicted octanol–water partition coefficient (Wildman–Crippen LogP) is 7.90. The lowest BCUT2D eigenvalue weighted by Crippen LogP contribution is -2.15. The molecule has 1 N–H and O–H groups in total. The van der Waals surface area contributed by atoms with Crippen LogP contribution in [0.5, 0.6) is 0 Å². The maximum atomic E-state index is 12.3. The number of nitrogens with zero attached hydrogens (tertiary/aromatic N) is 1. The van der Waals surface area contributed by atoms with Crippen LogP contribution in [0.25, 0.3) is 22.6 Å². The molecule has 38 heavy (non-hydrogen) atoms. The highest BCUT2D eigenvalue weighted by molar-refractivity contribution is 5.77. The van der Waals surface area contributed by atoms with Crippen LogP contribution in [0.2, 0.25) is 0 Å². The Labute approximate surface area is 223 Å². The second-order valence-corrected chi connectivity index (χ2v) is 9.59. The van der Waals surface area contributed by atoms with E-state index >= 15 is 0 Å². The quantitative estimate of drug-likeness (QED) is 0.211. The smallest absolute Gasteiger partial charge is 0.311 e. The molecule has 0 saturated carbocycles. The molecule has 1 aromatic heterocycles. The van der Waals surface area contributed by atoms with Crippen LogP contribution in [0.4, 0.5) is 0 Å². The second kappa shape index (κ2) is 11.7. The molecule has 4 heteroatoms. The highest BCUT2D eigenvalue weighted by atomic mass is 16.4. The fourth-order valence-corrected chi connectivity index (χ4v) is 4.92. The molecule has 0 amide bonds. The number of aromatic nitrogens is 1. The molecule has 1 heterocycles. The van der Waals surface area contributed by atoms with Crippen molar-refractivity contribution in [2.75, 3.05) is 0 Å². The topological polar surface area (TPSA) is 63.3 Å². The van der Waals surface area contributed by atoms with Gasteiger partial charge in [0.1, 0.15) is 5.76 Å².